The largest absolute Gasteiger partial charge is 0.347 e. The topological polar surface area (TPSA) is 48.0 Å². The lowest BCUT2D eigenvalue weighted by atomic mass is 9.99. The van der Waals surface area contributed by atoms with E-state index in [1.807, 2.05) is 16.7 Å². The van der Waals surface area contributed by atoms with Gasteiger partial charge in [0.25, 0.3) is 5.91 Å². The second-order valence-corrected chi connectivity index (χ2v) is 4.71. The molecular formula is C9H19N2OS+. The highest BCUT2D eigenvalue weighted by Gasteiger charge is 2.29. The summed E-state index contributed by atoms with van der Waals surface area (Å²) in [5.74, 6) is 2.58. The molecule has 0 aromatic carbocycles. The first-order valence-electron chi connectivity index (χ1n) is 4.86. The Kier molecular flexibility index (Phi) is 4.06. The van der Waals surface area contributed by atoms with Crippen LogP contribution in [0.4, 0.5) is 0 Å². The van der Waals surface area contributed by atoms with Crippen molar-refractivity contribution < 1.29 is 10.5 Å². The summed E-state index contributed by atoms with van der Waals surface area (Å²) in [7, 11) is 0. The minimum absolute atomic E-state index is 0.0521. The molecule has 0 bridgehead atoms. The van der Waals surface area contributed by atoms with Crippen LogP contribution in [0.3, 0.4) is 0 Å². The van der Waals surface area contributed by atoms with E-state index in [-0.39, 0.29) is 11.9 Å². The van der Waals surface area contributed by atoms with Crippen LogP contribution in [-0.4, -0.2) is 35.0 Å². The van der Waals surface area contributed by atoms with Gasteiger partial charge in [0.2, 0.25) is 0 Å². The highest BCUT2D eigenvalue weighted by atomic mass is 32.2. The van der Waals surface area contributed by atoms with Crippen molar-refractivity contribution in [2.45, 2.75) is 26.3 Å². The van der Waals surface area contributed by atoms with Gasteiger partial charge in [-0.25, -0.2) is 0 Å². The van der Waals surface area contributed by atoms with E-state index in [9.17, 15) is 4.79 Å². The monoisotopic (exact) mass is 203 g/mol. The number of quaternary nitrogens is 1. The molecule has 0 spiro atoms. The quantitative estimate of drug-likeness (QED) is 0.711. The molecule has 1 fully saturated rings. The molecule has 4 heteroatoms. The van der Waals surface area contributed by atoms with Crippen molar-refractivity contribution in [1.29, 1.82) is 0 Å². The van der Waals surface area contributed by atoms with Gasteiger partial charge in [0, 0.05) is 18.2 Å². The zero-order chi connectivity index (χ0) is 9.84. The lowest BCUT2D eigenvalue weighted by molar-refractivity contribution is -0.417. The van der Waals surface area contributed by atoms with Crippen molar-refractivity contribution in [3.8, 4) is 0 Å². The molecule has 1 aliphatic heterocycles. The number of amides is 1. The minimum atomic E-state index is -0.0521. The van der Waals surface area contributed by atoms with E-state index in [1.165, 1.54) is 0 Å². The summed E-state index contributed by atoms with van der Waals surface area (Å²) in [5, 5.41) is 0. The molecule has 0 saturated carbocycles. The van der Waals surface area contributed by atoms with E-state index in [2.05, 4.69) is 19.6 Å². The maximum Gasteiger partial charge on any atom is 0.281 e. The van der Waals surface area contributed by atoms with Crippen molar-refractivity contribution in [3.63, 3.8) is 0 Å². The third-order valence-corrected chi connectivity index (χ3v) is 3.68. The van der Waals surface area contributed by atoms with Gasteiger partial charge in [-0.1, -0.05) is 13.8 Å². The van der Waals surface area contributed by atoms with Gasteiger partial charge in [0.05, 0.1) is 5.88 Å². The van der Waals surface area contributed by atoms with Gasteiger partial charge < -0.3 is 10.6 Å². The molecule has 0 radical (unpaired) electrons. The summed E-state index contributed by atoms with van der Waals surface area (Å²) in [6.07, 6.45) is 1.03. The lowest BCUT2D eigenvalue weighted by Crippen LogP contribution is -2.70. The molecule has 2 atom stereocenters. The molecule has 3 N–H and O–H groups in total. The molecule has 1 heterocycles. The molecule has 0 aromatic rings. The van der Waals surface area contributed by atoms with Crippen LogP contribution in [0.2, 0.25) is 0 Å². The van der Waals surface area contributed by atoms with E-state index in [1.54, 1.807) is 0 Å². The Labute approximate surface area is 84.0 Å². The number of nitrogens with zero attached hydrogens (tertiary/aromatic N) is 1. The van der Waals surface area contributed by atoms with Crippen molar-refractivity contribution in [1.82, 2.24) is 4.90 Å². The van der Waals surface area contributed by atoms with Crippen molar-refractivity contribution >= 4 is 17.7 Å². The molecular weight excluding hydrogens is 184 g/mol. The number of carbonyl (C=O) groups excluding carboxylic acids is 1. The van der Waals surface area contributed by atoms with Gasteiger partial charge in [-0.3, -0.25) is 4.79 Å². The van der Waals surface area contributed by atoms with E-state index in [0.29, 0.717) is 5.92 Å². The van der Waals surface area contributed by atoms with Crippen molar-refractivity contribution in [2.24, 2.45) is 5.92 Å². The normalized spacial score (nSPS) is 21.6. The molecule has 13 heavy (non-hydrogen) atoms. The van der Waals surface area contributed by atoms with Gasteiger partial charge in [-0.2, -0.15) is 0 Å². The number of rotatable bonds is 3. The molecule has 3 nitrogen and oxygen atoms in total. The lowest BCUT2D eigenvalue weighted by Gasteiger charge is -2.20. The van der Waals surface area contributed by atoms with Crippen LogP contribution in [-0.2, 0) is 4.79 Å². The standard InChI is InChI=1S/C9H18N2OS/c1-3-7(2)8(10)9(12)11-4-5-13-6-11/h7-8H,3-6,10H2,1-2H3/p+1/t7-,8+/m1/s1. The first-order chi connectivity index (χ1) is 6.16. The Bertz CT molecular complexity index is 180. The Balaban J connectivity index is 2.45. The van der Waals surface area contributed by atoms with Crippen LogP contribution in [0, 0.1) is 5.92 Å². The summed E-state index contributed by atoms with van der Waals surface area (Å²) in [4.78, 5) is 13.7. The first kappa shape index (κ1) is 10.9. The number of hydrogen-bond donors (Lipinski definition) is 1. The predicted octanol–water partition coefficient (Wildman–Crippen LogP) is 0.176. The average Bonchev–Trinajstić information content (AvgIpc) is 2.67. The Hall–Kier alpha value is -0.220. The van der Waals surface area contributed by atoms with Crippen LogP contribution in [0.1, 0.15) is 20.3 Å². The second kappa shape index (κ2) is 4.86. The number of hydrogen-bond acceptors (Lipinski definition) is 2. The first-order valence-corrected chi connectivity index (χ1v) is 6.02. The Morgan fingerprint density at radius 3 is 2.85 bits per heavy atom. The number of carbonyl (C=O) groups is 1. The van der Waals surface area contributed by atoms with Crippen LogP contribution in [0.25, 0.3) is 0 Å². The van der Waals surface area contributed by atoms with E-state index in [4.69, 9.17) is 0 Å². The highest BCUT2D eigenvalue weighted by molar-refractivity contribution is 7.99. The fourth-order valence-corrected chi connectivity index (χ4v) is 2.31. The summed E-state index contributed by atoms with van der Waals surface area (Å²) < 4.78 is 0. The minimum Gasteiger partial charge on any atom is -0.347 e. The maximum atomic E-state index is 11.8. The van der Waals surface area contributed by atoms with Crippen LogP contribution < -0.4 is 5.73 Å². The summed E-state index contributed by atoms with van der Waals surface area (Å²) in [6.45, 7) is 5.11. The van der Waals surface area contributed by atoms with E-state index >= 15 is 0 Å². The van der Waals surface area contributed by atoms with Crippen LogP contribution >= 0.6 is 11.8 Å². The second-order valence-electron chi connectivity index (χ2n) is 3.63. The smallest absolute Gasteiger partial charge is 0.281 e. The fourth-order valence-electron chi connectivity index (χ4n) is 1.35. The summed E-state index contributed by atoms with van der Waals surface area (Å²) >= 11 is 1.82. The van der Waals surface area contributed by atoms with Gasteiger partial charge >= 0.3 is 0 Å². The van der Waals surface area contributed by atoms with E-state index < -0.39 is 0 Å². The molecule has 1 saturated heterocycles. The number of thioether (sulfide) groups is 1. The SMILES string of the molecule is CC[C@@H](C)[C@H]([NH3+])C(=O)N1CCSC1. The van der Waals surface area contributed by atoms with Gasteiger partial charge in [-0.15, -0.1) is 11.8 Å². The Morgan fingerprint density at radius 1 is 1.69 bits per heavy atom. The maximum absolute atomic E-state index is 11.8. The molecule has 0 aromatic heterocycles. The molecule has 1 amide bonds. The third kappa shape index (κ3) is 2.61. The molecule has 0 unspecified atom stereocenters. The Morgan fingerprint density at radius 2 is 2.38 bits per heavy atom. The van der Waals surface area contributed by atoms with E-state index in [0.717, 1.165) is 24.6 Å². The molecule has 0 aliphatic carbocycles. The van der Waals surface area contributed by atoms with Gasteiger partial charge in [0.1, 0.15) is 0 Å². The summed E-state index contributed by atoms with van der Waals surface area (Å²) in [6, 6.07) is -0.0521. The van der Waals surface area contributed by atoms with Crippen molar-refractivity contribution in [2.75, 3.05) is 18.2 Å². The van der Waals surface area contributed by atoms with Gasteiger partial charge in [-0.05, 0) is 6.42 Å². The molecule has 1 rings (SSSR count). The third-order valence-electron chi connectivity index (χ3n) is 2.71. The molecule has 76 valence electrons. The van der Waals surface area contributed by atoms with Crippen molar-refractivity contribution in [3.05, 3.63) is 0 Å². The van der Waals surface area contributed by atoms with Crippen LogP contribution in [0.5, 0.6) is 0 Å². The van der Waals surface area contributed by atoms with Gasteiger partial charge in [0.15, 0.2) is 6.04 Å². The fraction of sp³-hybridized carbons (Fsp3) is 0.889. The zero-order valence-corrected chi connectivity index (χ0v) is 9.27. The zero-order valence-electron chi connectivity index (χ0n) is 8.45. The predicted molar refractivity (Wildman–Crippen MR) is 55.2 cm³/mol. The highest BCUT2D eigenvalue weighted by Crippen LogP contribution is 2.16. The molecule has 1 aliphatic rings. The van der Waals surface area contributed by atoms with Crippen LogP contribution in [0.15, 0.2) is 0 Å². The summed E-state index contributed by atoms with van der Waals surface area (Å²) in [5.41, 5.74) is 3.95. The average molecular weight is 203 g/mol.